The second kappa shape index (κ2) is 5.34. The van der Waals surface area contributed by atoms with Crippen molar-refractivity contribution >= 4 is 19.6 Å². The van der Waals surface area contributed by atoms with Crippen molar-refractivity contribution in [1.82, 2.24) is 9.99 Å². The van der Waals surface area contributed by atoms with Crippen molar-refractivity contribution < 1.29 is 23.9 Å². The summed E-state index contributed by atoms with van der Waals surface area (Å²) in [5.74, 6) is -1.38. The third kappa shape index (κ3) is 2.88. The number of nitrogens with zero attached hydrogens (tertiary/aromatic N) is 1. The average Bonchev–Trinajstić information content (AvgIpc) is 2.41. The highest BCUT2D eigenvalue weighted by Crippen LogP contribution is 2.44. The fourth-order valence-corrected chi connectivity index (χ4v) is 2.60. The molecule has 8 nitrogen and oxygen atoms in total. The number of nitrogens with two attached hydrogens (primary N) is 1. The fraction of sp³-hybridized carbons (Fsp3) is 0.273. The summed E-state index contributed by atoms with van der Waals surface area (Å²) in [6.07, 6.45) is 0. The molecule has 1 aliphatic heterocycles. The van der Waals surface area contributed by atoms with E-state index in [0.29, 0.717) is 10.2 Å². The lowest BCUT2D eigenvalue weighted by molar-refractivity contribution is -0.141. The maximum absolute atomic E-state index is 11.8. The van der Waals surface area contributed by atoms with Gasteiger partial charge in [0.05, 0.1) is 6.54 Å². The van der Waals surface area contributed by atoms with E-state index in [1.165, 1.54) is 0 Å². The lowest BCUT2D eigenvalue weighted by Crippen LogP contribution is -2.63. The Hall–Kier alpha value is -1.73. The van der Waals surface area contributed by atoms with Gasteiger partial charge in [-0.15, -0.1) is 0 Å². The van der Waals surface area contributed by atoms with E-state index in [2.05, 4.69) is 5.32 Å². The van der Waals surface area contributed by atoms with E-state index in [0.717, 1.165) is 0 Å². The molecule has 0 spiro atoms. The Morgan fingerprint density at radius 2 is 2.00 bits per heavy atom. The highest BCUT2D eigenvalue weighted by Gasteiger charge is 2.46. The van der Waals surface area contributed by atoms with Crippen LogP contribution in [0.3, 0.4) is 0 Å². The Balaban J connectivity index is 1.94. The molecule has 2 amide bonds. The van der Waals surface area contributed by atoms with Gasteiger partial charge >= 0.3 is 7.75 Å². The summed E-state index contributed by atoms with van der Waals surface area (Å²) in [6.45, 7) is -0.226. The van der Waals surface area contributed by atoms with Gasteiger partial charge in [0.15, 0.2) is 0 Å². The highest BCUT2D eigenvalue weighted by atomic mass is 31.2. The first-order valence-corrected chi connectivity index (χ1v) is 7.35. The summed E-state index contributed by atoms with van der Waals surface area (Å²) in [6, 6.07) is 6.71. The molecule has 2 rings (SSSR count). The summed E-state index contributed by atoms with van der Waals surface area (Å²) in [7, 11) is -4.59. The van der Waals surface area contributed by atoms with Gasteiger partial charge in [0.1, 0.15) is 12.1 Å². The number of carbonyl (C=O) groups excluding carboxylic acids is 2. The normalized spacial score (nSPS) is 20.2. The quantitative estimate of drug-likeness (QED) is 0.421. The van der Waals surface area contributed by atoms with Crippen LogP contribution in [0.5, 0.6) is 0 Å². The van der Waals surface area contributed by atoms with Gasteiger partial charge in [-0.1, -0.05) is 30.3 Å². The first-order valence-electron chi connectivity index (χ1n) is 5.79. The van der Waals surface area contributed by atoms with Crippen molar-refractivity contribution in [1.29, 1.82) is 0 Å². The van der Waals surface area contributed by atoms with Crippen molar-refractivity contribution in [2.75, 3.05) is 6.54 Å². The van der Waals surface area contributed by atoms with E-state index in [1.807, 2.05) is 0 Å². The molecule has 2 atom stereocenters. The fourth-order valence-electron chi connectivity index (χ4n) is 1.82. The zero-order valence-electron chi connectivity index (χ0n) is 10.3. The summed E-state index contributed by atoms with van der Waals surface area (Å²) >= 11 is 0. The largest absolute Gasteiger partial charge is 0.432 e. The molecule has 1 saturated heterocycles. The van der Waals surface area contributed by atoms with Gasteiger partial charge in [0.2, 0.25) is 5.91 Å². The molecule has 0 bridgehead atoms. The molecular weight excluding hydrogens is 285 g/mol. The van der Waals surface area contributed by atoms with Crippen LogP contribution < -0.4 is 11.1 Å². The van der Waals surface area contributed by atoms with Crippen molar-refractivity contribution in [2.24, 2.45) is 5.73 Å². The number of amides is 2. The Morgan fingerprint density at radius 1 is 1.40 bits per heavy atom. The molecule has 5 N–H and O–H groups in total. The van der Waals surface area contributed by atoms with Crippen LogP contribution in [0.1, 0.15) is 11.6 Å². The molecule has 0 aliphatic carbocycles. The number of β-lactam (4-membered cyclic amide) rings is 1. The molecule has 1 aliphatic rings. The first-order chi connectivity index (χ1) is 9.30. The smallest absolute Gasteiger partial charge is 0.341 e. The second-order valence-electron chi connectivity index (χ2n) is 4.38. The van der Waals surface area contributed by atoms with E-state index < -0.39 is 31.6 Å². The lowest BCUT2D eigenvalue weighted by atomic mass is 10.1. The predicted octanol–water partition coefficient (Wildman–Crippen LogP) is -0.894. The van der Waals surface area contributed by atoms with Crippen LogP contribution in [0.25, 0.3) is 0 Å². The second-order valence-corrected chi connectivity index (χ2v) is 5.89. The Bertz CT molecular complexity index is 573. The van der Waals surface area contributed by atoms with Crippen molar-refractivity contribution in [3.05, 3.63) is 35.9 Å². The molecule has 9 heteroatoms. The van der Waals surface area contributed by atoms with Gasteiger partial charge < -0.3 is 20.8 Å². The molecule has 1 aromatic carbocycles. The van der Waals surface area contributed by atoms with Gasteiger partial charge in [-0.3, -0.25) is 9.59 Å². The van der Waals surface area contributed by atoms with Gasteiger partial charge in [-0.25, -0.2) is 9.24 Å². The monoisotopic (exact) mass is 299 g/mol. The average molecular weight is 299 g/mol. The minimum atomic E-state index is -4.59. The zero-order chi connectivity index (χ0) is 14.9. The van der Waals surface area contributed by atoms with E-state index in [-0.39, 0.29) is 6.54 Å². The topological polar surface area (TPSA) is 133 Å². The Kier molecular flexibility index (Phi) is 3.92. The van der Waals surface area contributed by atoms with Crippen LogP contribution in [0.4, 0.5) is 0 Å². The zero-order valence-corrected chi connectivity index (χ0v) is 11.2. The van der Waals surface area contributed by atoms with Gasteiger partial charge in [-0.2, -0.15) is 0 Å². The first kappa shape index (κ1) is 14.7. The van der Waals surface area contributed by atoms with Gasteiger partial charge in [-0.05, 0) is 5.56 Å². The van der Waals surface area contributed by atoms with E-state index in [1.54, 1.807) is 30.3 Å². The number of hydrogen-bond donors (Lipinski definition) is 4. The summed E-state index contributed by atoms with van der Waals surface area (Å²) < 4.78 is 11.3. The Morgan fingerprint density at radius 3 is 2.50 bits per heavy atom. The molecule has 0 saturated carbocycles. The number of carbonyl (C=O) groups is 2. The number of hydrogen-bond acceptors (Lipinski definition) is 4. The molecule has 0 radical (unpaired) electrons. The molecular formula is C11H14N3O5P. The maximum atomic E-state index is 11.8. The predicted molar refractivity (Wildman–Crippen MR) is 69.1 cm³/mol. The third-order valence-corrected chi connectivity index (χ3v) is 3.97. The molecule has 20 heavy (non-hydrogen) atoms. The molecule has 108 valence electrons. The van der Waals surface area contributed by atoms with Gasteiger partial charge in [0, 0.05) is 0 Å². The van der Waals surface area contributed by atoms with Crippen molar-refractivity contribution in [2.45, 2.75) is 12.1 Å². The third-order valence-electron chi connectivity index (χ3n) is 2.98. The summed E-state index contributed by atoms with van der Waals surface area (Å²) in [4.78, 5) is 41.0. The number of rotatable bonds is 4. The minimum Gasteiger partial charge on any atom is -0.341 e. The van der Waals surface area contributed by atoms with Crippen LogP contribution in [-0.4, -0.2) is 38.9 Å². The minimum absolute atomic E-state index is 0.226. The van der Waals surface area contributed by atoms with Crippen molar-refractivity contribution in [3.63, 3.8) is 0 Å². The number of benzene rings is 1. The van der Waals surface area contributed by atoms with Crippen LogP contribution in [0, 0.1) is 0 Å². The van der Waals surface area contributed by atoms with E-state index >= 15 is 0 Å². The number of nitrogens with one attached hydrogen (secondary N) is 1. The van der Waals surface area contributed by atoms with Crippen molar-refractivity contribution in [3.8, 4) is 0 Å². The molecule has 1 unspecified atom stereocenters. The van der Waals surface area contributed by atoms with Crippen LogP contribution in [-0.2, 0) is 14.2 Å². The van der Waals surface area contributed by atoms with E-state index in [4.69, 9.17) is 15.5 Å². The highest BCUT2D eigenvalue weighted by molar-refractivity contribution is 7.50. The maximum Gasteiger partial charge on any atom is 0.432 e. The summed E-state index contributed by atoms with van der Waals surface area (Å²) in [5.41, 5.74) is 6.33. The Labute approximate surface area is 114 Å². The standard InChI is InChI=1S/C11H14N3O5P/c12-9(7-4-2-1-3-5-7)10(15)13-8-6-14(11(8)16)20(17,18)19/h1-5,8-9H,6,12H2,(H,13,15)(H2,17,18,19)/t8-,9?/m0/s1. The molecule has 1 aromatic rings. The molecule has 1 fully saturated rings. The molecule has 0 aromatic heterocycles. The lowest BCUT2D eigenvalue weighted by Gasteiger charge is -2.38. The van der Waals surface area contributed by atoms with E-state index in [9.17, 15) is 14.2 Å². The van der Waals surface area contributed by atoms with Crippen LogP contribution in [0.15, 0.2) is 30.3 Å². The molecule has 1 heterocycles. The van der Waals surface area contributed by atoms with Crippen LogP contribution in [0.2, 0.25) is 0 Å². The van der Waals surface area contributed by atoms with Crippen LogP contribution >= 0.6 is 7.75 Å². The van der Waals surface area contributed by atoms with Gasteiger partial charge in [0.25, 0.3) is 5.91 Å². The summed E-state index contributed by atoms with van der Waals surface area (Å²) in [5, 5.41) is 2.37. The SMILES string of the molecule is NC(C(=O)N[C@H]1CN(P(=O)(O)O)C1=O)c1ccccc1.